The summed E-state index contributed by atoms with van der Waals surface area (Å²) in [6.45, 7) is 2.46. The molecule has 0 bridgehead atoms. The number of hydrogen-bond donors (Lipinski definition) is 1. The molecule has 0 atom stereocenters. The molecule has 1 saturated heterocycles. The molecule has 1 saturated carbocycles. The van der Waals surface area contributed by atoms with E-state index in [0.717, 1.165) is 6.07 Å². The van der Waals surface area contributed by atoms with Gasteiger partial charge in [-0.1, -0.05) is 0 Å². The Kier molecular flexibility index (Phi) is 7.15. The summed E-state index contributed by atoms with van der Waals surface area (Å²) in [6.07, 6.45) is -11.3. The van der Waals surface area contributed by atoms with E-state index in [1.165, 1.54) is 12.1 Å². The molecule has 1 amide bonds. The van der Waals surface area contributed by atoms with E-state index >= 15 is 0 Å². The minimum absolute atomic E-state index is 0.316. The van der Waals surface area contributed by atoms with Gasteiger partial charge in [-0.25, -0.2) is 4.79 Å². The van der Waals surface area contributed by atoms with Crippen molar-refractivity contribution in [2.75, 3.05) is 43.0 Å². The Bertz CT molecular complexity index is 873. The number of aromatic carboxylic acids is 1. The molecule has 1 aliphatic heterocycles. The molecular weight excluding hydrogens is 456 g/mol. The van der Waals surface area contributed by atoms with Gasteiger partial charge in [-0.05, 0) is 50.9 Å². The Morgan fingerprint density at radius 3 is 2.03 bits per heavy atom. The molecule has 2 fully saturated rings. The summed E-state index contributed by atoms with van der Waals surface area (Å²) >= 11 is 0. The van der Waals surface area contributed by atoms with Crippen LogP contribution in [0, 0.1) is 5.92 Å². The fourth-order valence-corrected chi connectivity index (χ4v) is 4.43. The van der Waals surface area contributed by atoms with Crippen LogP contribution in [0.2, 0.25) is 0 Å². The predicted molar refractivity (Wildman–Crippen MR) is 108 cm³/mol. The van der Waals surface area contributed by atoms with Gasteiger partial charge in [0.1, 0.15) is 0 Å². The highest BCUT2D eigenvalue weighted by molar-refractivity contribution is 6.05. The third kappa shape index (κ3) is 5.71. The third-order valence-electron chi connectivity index (χ3n) is 6.33. The van der Waals surface area contributed by atoms with Crippen LogP contribution in [0.25, 0.3) is 0 Å². The minimum Gasteiger partial charge on any atom is -0.478 e. The van der Waals surface area contributed by atoms with Crippen LogP contribution in [0.15, 0.2) is 18.2 Å². The zero-order valence-corrected chi connectivity index (χ0v) is 17.9. The van der Waals surface area contributed by atoms with Gasteiger partial charge in [0.15, 0.2) is 0 Å². The molecule has 2 aliphatic rings. The number of nitrogens with zero attached hydrogens (tertiary/aromatic N) is 3. The summed E-state index contributed by atoms with van der Waals surface area (Å²) in [7, 11) is 1.91. The fraction of sp³-hybridized carbons (Fsp3) is 0.619. The summed E-state index contributed by atoms with van der Waals surface area (Å²) < 4.78 is 79.7. The fourth-order valence-electron chi connectivity index (χ4n) is 4.43. The van der Waals surface area contributed by atoms with Gasteiger partial charge in [0, 0.05) is 37.9 Å². The van der Waals surface area contributed by atoms with Gasteiger partial charge in [-0.2, -0.15) is 26.3 Å². The van der Waals surface area contributed by atoms with E-state index in [2.05, 4.69) is 4.90 Å². The third-order valence-corrected chi connectivity index (χ3v) is 6.33. The molecule has 0 aromatic heterocycles. The molecular formula is C21H25F6N3O3. The molecule has 6 nitrogen and oxygen atoms in total. The number of alkyl halides is 6. The number of piperazine rings is 1. The van der Waals surface area contributed by atoms with Gasteiger partial charge in [0.2, 0.25) is 0 Å². The van der Waals surface area contributed by atoms with Gasteiger partial charge in [-0.3, -0.25) is 4.79 Å². The van der Waals surface area contributed by atoms with E-state index in [1.54, 1.807) is 0 Å². The lowest BCUT2D eigenvalue weighted by Crippen LogP contribution is -2.50. The lowest BCUT2D eigenvalue weighted by molar-refractivity contribution is -0.183. The summed E-state index contributed by atoms with van der Waals surface area (Å²) in [5.74, 6) is -5.47. The number of rotatable bonds is 4. The second kappa shape index (κ2) is 9.40. The molecule has 33 heavy (non-hydrogen) atoms. The topological polar surface area (TPSA) is 64.1 Å². The van der Waals surface area contributed by atoms with Crippen molar-refractivity contribution < 1.29 is 41.0 Å². The number of anilines is 2. The van der Waals surface area contributed by atoms with Crippen molar-refractivity contribution >= 4 is 23.3 Å². The average molecular weight is 481 g/mol. The van der Waals surface area contributed by atoms with Gasteiger partial charge < -0.3 is 19.8 Å². The second-order valence-electron chi connectivity index (χ2n) is 8.52. The lowest BCUT2D eigenvalue weighted by atomic mass is 9.84. The van der Waals surface area contributed by atoms with Gasteiger partial charge in [0.05, 0.1) is 17.2 Å². The van der Waals surface area contributed by atoms with Crippen molar-refractivity contribution in [3.8, 4) is 0 Å². The van der Waals surface area contributed by atoms with Crippen LogP contribution >= 0.6 is 0 Å². The number of benzene rings is 1. The number of likely N-dealkylation sites (N-methyl/N-ethyl adjacent to an activating group) is 1. The molecule has 1 N–H and O–H groups in total. The van der Waals surface area contributed by atoms with Crippen molar-refractivity contribution in [1.82, 2.24) is 4.90 Å². The molecule has 1 aromatic carbocycles. The maximum Gasteiger partial charge on any atom is 0.471 e. The van der Waals surface area contributed by atoms with Crippen LogP contribution in [0.5, 0.6) is 0 Å². The van der Waals surface area contributed by atoms with Crippen LogP contribution < -0.4 is 9.80 Å². The average Bonchev–Trinajstić information content (AvgIpc) is 2.73. The summed E-state index contributed by atoms with van der Waals surface area (Å²) in [4.78, 5) is 28.5. The first-order valence-corrected chi connectivity index (χ1v) is 10.6. The minimum atomic E-state index is -5.32. The first-order chi connectivity index (χ1) is 15.3. The molecule has 12 heteroatoms. The highest BCUT2D eigenvalue weighted by Crippen LogP contribution is 2.41. The first kappa shape index (κ1) is 25.1. The van der Waals surface area contributed by atoms with Crippen LogP contribution in [-0.4, -0.2) is 73.5 Å². The summed E-state index contributed by atoms with van der Waals surface area (Å²) in [5.41, 5.74) is -0.507. The second-order valence-corrected chi connectivity index (χ2v) is 8.52. The van der Waals surface area contributed by atoms with Crippen molar-refractivity contribution in [2.24, 2.45) is 5.92 Å². The Labute approximate surface area is 186 Å². The van der Waals surface area contributed by atoms with E-state index in [0.29, 0.717) is 36.8 Å². The molecule has 0 radical (unpaired) electrons. The zero-order chi connectivity index (χ0) is 24.6. The monoisotopic (exact) mass is 481 g/mol. The van der Waals surface area contributed by atoms with E-state index in [1.807, 2.05) is 11.9 Å². The van der Waals surface area contributed by atoms with E-state index in [9.17, 15) is 41.0 Å². The molecule has 3 rings (SSSR count). The molecule has 0 unspecified atom stereocenters. The van der Waals surface area contributed by atoms with E-state index < -0.39 is 60.3 Å². The van der Waals surface area contributed by atoms with E-state index in [-0.39, 0.29) is 12.8 Å². The largest absolute Gasteiger partial charge is 0.478 e. The smallest absolute Gasteiger partial charge is 0.471 e. The normalized spacial score (nSPS) is 22.8. The number of amides is 1. The van der Waals surface area contributed by atoms with Gasteiger partial charge in [0.25, 0.3) is 0 Å². The molecule has 0 spiro atoms. The van der Waals surface area contributed by atoms with Crippen molar-refractivity contribution in [3.63, 3.8) is 0 Å². The Balaban J connectivity index is 2.01. The zero-order valence-electron chi connectivity index (χ0n) is 17.9. The van der Waals surface area contributed by atoms with Crippen molar-refractivity contribution in [3.05, 3.63) is 23.8 Å². The SMILES string of the molecule is CN1CCN(c2ccc(C(=O)O)c(N(C(=O)C(F)(F)F)C3CCC(C(F)(F)F)CC3)c2)CC1. The highest BCUT2D eigenvalue weighted by atomic mass is 19.4. The number of carbonyl (C=O) groups is 2. The maximum absolute atomic E-state index is 13.5. The first-order valence-electron chi connectivity index (χ1n) is 10.6. The number of carbonyl (C=O) groups excluding carboxylic acids is 1. The van der Waals surface area contributed by atoms with Gasteiger partial charge >= 0.3 is 24.2 Å². The predicted octanol–water partition coefficient (Wildman–Crippen LogP) is 4.15. The Hall–Kier alpha value is -2.50. The number of carboxylic acid groups (broad SMARTS) is 1. The van der Waals surface area contributed by atoms with Gasteiger partial charge in [-0.15, -0.1) is 0 Å². The summed E-state index contributed by atoms with van der Waals surface area (Å²) in [6, 6.07) is 2.64. The van der Waals surface area contributed by atoms with Crippen LogP contribution in [0.3, 0.4) is 0 Å². The quantitative estimate of drug-likeness (QED) is 0.655. The maximum atomic E-state index is 13.5. The van der Waals surface area contributed by atoms with Crippen molar-refractivity contribution in [1.29, 1.82) is 0 Å². The molecule has 1 aliphatic carbocycles. The van der Waals surface area contributed by atoms with Crippen LogP contribution in [0.1, 0.15) is 36.0 Å². The van der Waals surface area contributed by atoms with Crippen LogP contribution in [-0.2, 0) is 4.79 Å². The van der Waals surface area contributed by atoms with Crippen LogP contribution in [0.4, 0.5) is 37.7 Å². The Morgan fingerprint density at radius 1 is 0.970 bits per heavy atom. The number of halogens is 6. The van der Waals surface area contributed by atoms with E-state index in [4.69, 9.17) is 0 Å². The molecule has 1 aromatic rings. The summed E-state index contributed by atoms with van der Waals surface area (Å²) in [5, 5.41) is 9.59. The molecule has 184 valence electrons. The highest BCUT2D eigenvalue weighted by Gasteiger charge is 2.49. The number of carboxylic acids is 1. The van der Waals surface area contributed by atoms with Crippen molar-refractivity contribution in [2.45, 2.75) is 44.1 Å². The lowest BCUT2D eigenvalue weighted by Gasteiger charge is -2.39. The Morgan fingerprint density at radius 2 is 1.55 bits per heavy atom. The molecule has 1 heterocycles. The standard InChI is InChI=1S/C21H25F6N3O3/c1-28-8-10-29(11-9-28)15-6-7-16(18(31)32)17(12-15)30(19(33)21(25,26)27)14-4-2-13(3-5-14)20(22,23)24/h6-7,12-14H,2-5,8-11H2,1H3,(H,31,32). The number of hydrogen-bond acceptors (Lipinski definition) is 4.